The van der Waals surface area contributed by atoms with E-state index in [2.05, 4.69) is 4.99 Å². The van der Waals surface area contributed by atoms with Gasteiger partial charge in [0, 0.05) is 31.8 Å². The number of carbonyl (C=O) groups excluding carboxylic acids is 2. The van der Waals surface area contributed by atoms with E-state index >= 15 is 0 Å². The van der Waals surface area contributed by atoms with Crippen LogP contribution in [0.4, 0.5) is 0 Å². The number of rotatable bonds is 11. The number of ether oxygens (including phenoxy) is 2. The number of esters is 1. The minimum Gasteiger partial charge on any atom is -0.462 e. The predicted octanol–water partition coefficient (Wildman–Crippen LogP) is 3.69. The van der Waals surface area contributed by atoms with Crippen LogP contribution >= 0.6 is 11.3 Å². The van der Waals surface area contributed by atoms with Crippen LogP contribution in [0, 0.1) is 0 Å². The third-order valence-electron chi connectivity index (χ3n) is 5.50. The van der Waals surface area contributed by atoms with Gasteiger partial charge in [-0.3, -0.25) is 4.79 Å². The lowest BCUT2D eigenvalue weighted by Gasteiger charge is -2.18. The molecule has 3 aromatic rings. The summed E-state index contributed by atoms with van der Waals surface area (Å²) in [7, 11) is -3.62. The number of thiazole rings is 1. The van der Waals surface area contributed by atoms with Crippen LogP contribution in [0.3, 0.4) is 0 Å². The van der Waals surface area contributed by atoms with Gasteiger partial charge < -0.3 is 14.0 Å². The Morgan fingerprint density at radius 3 is 2.25 bits per heavy atom. The highest BCUT2D eigenvalue weighted by Gasteiger charge is 2.22. The molecule has 0 saturated carbocycles. The van der Waals surface area contributed by atoms with E-state index < -0.39 is 21.9 Å². The number of aromatic nitrogens is 1. The van der Waals surface area contributed by atoms with Crippen molar-refractivity contribution in [2.45, 2.75) is 39.1 Å². The number of sulfonamides is 1. The van der Waals surface area contributed by atoms with Crippen LogP contribution in [0.15, 0.2) is 52.4 Å². The fraction of sp³-hybridized carbons (Fsp3) is 0.400. The van der Waals surface area contributed by atoms with Crippen LogP contribution in [-0.4, -0.2) is 62.1 Å². The summed E-state index contributed by atoms with van der Waals surface area (Å²) in [4.78, 5) is 30.1. The van der Waals surface area contributed by atoms with E-state index in [-0.39, 0.29) is 17.1 Å². The van der Waals surface area contributed by atoms with Crippen LogP contribution in [-0.2, 0) is 26.0 Å². The fourth-order valence-electron chi connectivity index (χ4n) is 3.65. The first-order chi connectivity index (χ1) is 17.3. The first-order valence-electron chi connectivity index (χ1n) is 11.8. The zero-order chi connectivity index (χ0) is 26.3. The fourth-order valence-corrected chi connectivity index (χ4v) is 6.20. The van der Waals surface area contributed by atoms with E-state index in [0.717, 1.165) is 10.2 Å². The smallest absolute Gasteiger partial charge is 0.338 e. The van der Waals surface area contributed by atoms with Crippen molar-refractivity contribution in [2.24, 2.45) is 4.99 Å². The first-order valence-corrected chi connectivity index (χ1v) is 14.1. The van der Waals surface area contributed by atoms with Crippen LogP contribution in [0.25, 0.3) is 10.2 Å². The van der Waals surface area contributed by atoms with Crippen LogP contribution in [0.2, 0.25) is 0 Å². The van der Waals surface area contributed by atoms with Crippen molar-refractivity contribution in [1.29, 1.82) is 0 Å². The number of hydrogen-bond donors (Lipinski definition) is 0. The van der Waals surface area contributed by atoms with Gasteiger partial charge in [-0.15, -0.1) is 0 Å². The van der Waals surface area contributed by atoms with Gasteiger partial charge in [0.25, 0.3) is 5.91 Å². The van der Waals surface area contributed by atoms with Crippen molar-refractivity contribution in [3.63, 3.8) is 0 Å². The van der Waals surface area contributed by atoms with Crippen LogP contribution < -0.4 is 4.80 Å². The molecule has 0 saturated heterocycles. The summed E-state index contributed by atoms with van der Waals surface area (Å²) in [6.07, 6.45) is 0. The Labute approximate surface area is 215 Å². The number of fused-ring (bicyclic) bond motifs is 1. The van der Waals surface area contributed by atoms with E-state index in [1.807, 2.05) is 11.5 Å². The topological polar surface area (TPSA) is 107 Å². The molecule has 1 heterocycles. The molecule has 0 bridgehead atoms. The van der Waals surface area contributed by atoms with Gasteiger partial charge in [0.1, 0.15) is 0 Å². The molecule has 0 unspecified atom stereocenters. The molecule has 0 fully saturated rings. The lowest BCUT2D eigenvalue weighted by atomic mass is 10.2. The SMILES string of the molecule is CCOCCn1c(=NC(=O)c2ccc(S(=O)(=O)N(CC)CC)cc2)sc2cc(C(=O)OCC)ccc21. The normalized spacial score (nSPS) is 12.4. The molecule has 0 spiro atoms. The lowest BCUT2D eigenvalue weighted by molar-refractivity contribution is 0.0526. The van der Waals surface area contributed by atoms with E-state index in [9.17, 15) is 18.0 Å². The van der Waals surface area contributed by atoms with Crippen molar-refractivity contribution in [3.05, 3.63) is 58.4 Å². The largest absolute Gasteiger partial charge is 0.462 e. The molecule has 0 aliphatic carbocycles. The number of nitrogens with zero attached hydrogens (tertiary/aromatic N) is 3. The van der Waals surface area contributed by atoms with Crippen LogP contribution in [0.1, 0.15) is 48.4 Å². The summed E-state index contributed by atoms with van der Waals surface area (Å²) in [6, 6.07) is 11.0. The highest BCUT2D eigenvalue weighted by Crippen LogP contribution is 2.21. The summed E-state index contributed by atoms with van der Waals surface area (Å²) in [5, 5.41) is 0. The maximum atomic E-state index is 13.0. The summed E-state index contributed by atoms with van der Waals surface area (Å²) < 4.78 is 40.1. The summed E-state index contributed by atoms with van der Waals surface area (Å²) in [5.41, 5.74) is 1.51. The molecule has 0 N–H and O–H groups in total. The van der Waals surface area contributed by atoms with Crippen molar-refractivity contribution < 1.29 is 27.5 Å². The van der Waals surface area contributed by atoms with Gasteiger partial charge in [0.05, 0.1) is 33.9 Å². The Morgan fingerprint density at radius 1 is 0.972 bits per heavy atom. The number of amides is 1. The minimum absolute atomic E-state index is 0.128. The third-order valence-corrected chi connectivity index (χ3v) is 8.60. The molecule has 3 rings (SSSR count). The Kier molecular flexibility index (Phi) is 9.55. The average molecular weight is 534 g/mol. The molecule has 36 heavy (non-hydrogen) atoms. The highest BCUT2D eigenvalue weighted by molar-refractivity contribution is 7.89. The third kappa shape index (κ3) is 6.09. The van der Waals surface area contributed by atoms with Gasteiger partial charge in [-0.2, -0.15) is 9.30 Å². The van der Waals surface area contributed by atoms with E-state index in [1.165, 1.54) is 39.9 Å². The zero-order valence-electron chi connectivity index (χ0n) is 20.9. The van der Waals surface area contributed by atoms with E-state index in [1.54, 1.807) is 39.0 Å². The van der Waals surface area contributed by atoms with Gasteiger partial charge in [0.15, 0.2) is 4.80 Å². The maximum absolute atomic E-state index is 13.0. The maximum Gasteiger partial charge on any atom is 0.338 e. The second kappa shape index (κ2) is 12.4. The molecule has 194 valence electrons. The van der Waals surface area contributed by atoms with E-state index in [0.29, 0.717) is 43.2 Å². The molecular weight excluding hydrogens is 502 g/mol. The van der Waals surface area contributed by atoms with Gasteiger partial charge in [-0.25, -0.2) is 13.2 Å². The van der Waals surface area contributed by atoms with Crippen molar-refractivity contribution in [3.8, 4) is 0 Å². The molecule has 1 aromatic heterocycles. The Hall–Kier alpha value is -2.86. The zero-order valence-corrected chi connectivity index (χ0v) is 22.5. The standard InChI is InChI=1S/C25H31N3O6S2/c1-5-27(6-2)36(31,32)20-12-9-18(10-13-20)23(29)26-25-28(15-16-33-7-3)21-14-11-19(17-22(21)35-25)24(30)34-8-4/h9-14,17H,5-8,15-16H2,1-4H3. The number of carbonyl (C=O) groups is 2. The average Bonchev–Trinajstić information content (AvgIpc) is 3.21. The second-order valence-electron chi connectivity index (χ2n) is 7.67. The summed E-state index contributed by atoms with van der Waals surface area (Å²) in [5.74, 6) is -0.910. The quantitative estimate of drug-likeness (QED) is 0.275. The molecular formula is C25H31N3O6S2. The van der Waals surface area contributed by atoms with Gasteiger partial charge >= 0.3 is 5.97 Å². The predicted molar refractivity (Wildman–Crippen MR) is 139 cm³/mol. The monoisotopic (exact) mass is 533 g/mol. The minimum atomic E-state index is -3.62. The molecule has 11 heteroatoms. The number of hydrogen-bond acceptors (Lipinski definition) is 7. The Bertz CT molecular complexity index is 1390. The molecule has 0 aliphatic rings. The first kappa shape index (κ1) is 27.7. The Balaban J connectivity index is 1.99. The molecule has 0 atom stereocenters. The van der Waals surface area contributed by atoms with Crippen molar-refractivity contribution in [1.82, 2.24) is 8.87 Å². The van der Waals surface area contributed by atoms with Crippen molar-refractivity contribution >= 4 is 43.5 Å². The molecule has 2 aromatic carbocycles. The molecule has 0 radical (unpaired) electrons. The summed E-state index contributed by atoms with van der Waals surface area (Å²) in [6.45, 7) is 9.67. The van der Waals surface area contributed by atoms with E-state index in [4.69, 9.17) is 9.47 Å². The van der Waals surface area contributed by atoms with Gasteiger partial charge in [0.2, 0.25) is 10.0 Å². The number of benzene rings is 2. The lowest BCUT2D eigenvalue weighted by Crippen LogP contribution is -2.30. The molecule has 9 nitrogen and oxygen atoms in total. The second-order valence-corrected chi connectivity index (χ2v) is 10.6. The van der Waals surface area contributed by atoms with Gasteiger partial charge in [-0.05, 0) is 56.3 Å². The molecule has 0 aliphatic heterocycles. The van der Waals surface area contributed by atoms with Gasteiger partial charge in [-0.1, -0.05) is 25.2 Å². The van der Waals surface area contributed by atoms with Crippen LogP contribution in [0.5, 0.6) is 0 Å². The highest BCUT2D eigenvalue weighted by atomic mass is 32.2. The molecule has 1 amide bonds. The Morgan fingerprint density at radius 2 is 1.64 bits per heavy atom. The summed E-state index contributed by atoms with van der Waals surface area (Å²) >= 11 is 1.28. The van der Waals surface area contributed by atoms with Crippen molar-refractivity contribution in [2.75, 3.05) is 32.9 Å².